The van der Waals surface area contributed by atoms with Crippen molar-refractivity contribution in [1.29, 1.82) is 0 Å². The highest BCUT2D eigenvalue weighted by molar-refractivity contribution is 6.02. The lowest BCUT2D eigenvalue weighted by atomic mass is 9.78. The highest BCUT2D eigenvalue weighted by atomic mass is 16.1. The largest absolute Gasteiger partial charge is 0.294 e. The number of carbonyl (C=O) groups is 1. The molecule has 84 valence electrons. The summed E-state index contributed by atoms with van der Waals surface area (Å²) in [4.78, 5) is 12.3. The Morgan fingerprint density at radius 2 is 1.75 bits per heavy atom. The lowest BCUT2D eigenvalue weighted by Crippen LogP contribution is -2.22. The Morgan fingerprint density at radius 3 is 2.50 bits per heavy atom. The number of fused-ring (bicyclic) bond motifs is 1. The molecule has 1 unspecified atom stereocenters. The van der Waals surface area contributed by atoms with Gasteiger partial charge in [0.25, 0.3) is 0 Å². The molecule has 1 heteroatoms. The minimum atomic E-state index is 0.303. The predicted molar refractivity (Wildman–Crippen MR) is 64.5 cm³/mol. The lowest BCUT2D eigenvalue weighted by Gasteiger charge is -2.26. The van der Waals surface area contributed by atoms with Crippen LogP contribution in [0.4, 0.5) is 0 Å². The molecule has 2 aliphatic rings. The predicted octanol–water partition coefficient (Wildman–Crippen LogP) is 3.62. The molecule has 1 nitrogen and oxygen atoms in total. The molecular weight excluding hydrogens is 196 g/mol. The van der Waals surface area contributed by atoms with Gasteiger partial charge in [0.15, 0.2) is 5.78 Å². The molecule has 1 aromatic rings. The van der Waals surface area contributed by atoms with Crippen molar-refractivity contribution in [2.75, 3.05) is 0 Å². The maximum atomic E-state index is 12.3. The molecule has 0 N–H and O–H groups in total. The zero-order valence-corrected chi connectivity index (χ0v) is 9.61. The molecule has 2 aliphatic carbocycles. The van der Waals surface area contributed by atoms with E-state index in [1.54, 1.807) is 0 Å². The van der Waals surface area contributed by atoms with Crippen LogP contribution in [0.2, 0.25) is 0 Å². The van der Waals surface area contributed by atoms with Crippen LogP contribution in [-0.2, 0) is 6.42 Å². The molecule has 16 heavy (non-hydrogen) atoms. The maximum Gasteiger partial charge on any atom is 0.166 e. The van der Waals surface area contributed by atoms with Gasteiger partial charge >= 0.3 is 0 Å². The Labute approximate surface area is 96.9 Å². The molecule has 1 aromatic carbocycles. The van der Waals surface area contributed by atoms with E-state index in [0.717, 1.165) is 12.0 Å². The molecule has 0 amide bonds. The van der Waals surface area contributed by atoms with E-state index in [2.05, 4.69) is 12.1 Å². The number of carbonyl (C=O) groups excluding carboxylic acids is 1. The van der Waals surface area contributed by atoms with E-state index in [4.69, 9.17) is 0 Å². The van der Waals surface area contributed by atoms with Crippen LogP contribution in [0, 0.1) is 11.8 Å². The number of rotatable bonds is 1. The van der Waals surface area contributed by atoms with Gasteiger partial charge in [-0.1, -0.05) is 43.5 Å². The first kappa shape index (κ1) is 10.1. The van der Waals surface area contributed by atoms with E-state index in [1.165, 1.54) is 37.7 Å². The molecule has 1 fully saturated rings. The molecule has 0 aliphatic heterocycles. The van der Waals surface area contributed by atoms with Crippen molar-refractivity contribution in [2.24, 2.45) is 11.8 Å². The van der Waals surface area contributed by atoms with Gasteiger partial charge in [-0.15, -0.1) is 0 Å². The molecule has 0 radical (unpaired) electrons. The summed E-state index contributed by atoms with van der Waals surface area (Å²) >= 11 is 0. The van der Waals surface area contributed by atoms with E-state index >= 15 is 0 Å². The second-order valence-corrected chi connectivity index (χ2v) is 5.23. The molecule has 3 rings (SSSR count). The minimum absolute atomic E-state index is 0.303. The Balaban J connectivity index is 1.83. The van der Waals surface area contributed by atoms with E-state index in [0.29, 0.717) is 17.6 Å². The highest BCUT2D eigenvalue weighted by Crippen LogP contribution is 2.38. The van der Waals surface area contributed by atoms with Gasteiger partial charge in [0.05, 0.1) is 0 Å². The van der Waals surface area contributed by atoms with Crippen molar-refractivity contribution in [3.05, 3.63) is 35.4 Å². The van der Waals surface area contributed by atoms with E-state index in [-0.39, 0.29) is 0 Å². The van der Waals surface area contributed by atoms with Crippen LogP contribution >= 0.6 is 0 Å². The summed E-state index contributed by atoms with van der Waals surface area (Å²) in [6, 6.07) is 8.16. The number of ketones is 1. The summed E-state index contributed by atoms with van der Waals surface area (Å²) in [5, 5.41) is 0. The molecule has 0 aromatic heterocycles. The summed E-state index contributed by atoms with van der Waals surface area (Å²) in [7, 11) is 0. The third-order valence-corrected chi connectivity index (χ3v) is 4.28. The first-order valence-electron chi connectivity index (χ1n) is 6.48. The second kappa shape index (κ2) is 4.04. The number of benzene rings is 1. The zero-order valence-electron chi connectivity index (χ0n) is 9.61. The Morgan fingerprint density at radius 1 is 1.00 bits per heavy atom. The van der Waals surface area contributed by atoms with Crippen LogP contribution in [0.25, 0.3) is 0 Å². The second-order valence-electron chi connectivity index (χ2n) is 5.23. The summed E-state index contributed by atoms with van der Waals surface area (Å²) < 4.78 is 0. The van der Waals surface area contributed by atoms with Gasteiger partial charge in [-0.05, 0) is 30.7 Å². The summed E-state index contributed by atoms with van der Waals surface area (Å²) in [6.07, 6.45) is 7.55. The third kappa shape index (κ3) is 1.59. The number of hydrogen-bond donors (Lipinski definition) is 0. The fraction of sp³-hybridized carbons (Fsp3) is 0.533. The van der Waals surface area contributed by atoms with Gasteiger partial charge in [-0.25, -0.2) is 0 Å². The molecule has 0 bridgehead atoms. The van der Waals surface area contributed by atoms with Gasteiger partial charge in [0.2, 0.25) is 0 Å². The van der Waals surface area contributed by atoms with Gasteiger partial charge in [0.1, 0.15) is 0 Å². The van der Waals surface area contributed by atoms with E-state index in [9.17, 15) is 4.79 Å². The van der Waals surface area contributed by atoms with Crippen molar-refractivity contribution in [3.8, 4) is 0 Å². The van der Waals surface area contributed by atoms with Crippen LogP contribution in [0.15, 0.2) is 24.3 Å². The van der Waals surface area contributed by atoms with E-state index < -0.39 is 0 Å². The summed E-state index contributed by atoms with van der Waals surface area (Å²) in [6.45, 7) is 0. The molecule has 1 saturated carbocycles. The average molecular weight is 214 g/mol. The van der Waals surface area contributed by atoms with Crippen LogP contribution in [0.1, 0.15) is 48.0 Å². The normalized spacial score (nSPS) is 25.8. The fourth-order valence-electron chi connectivity index (χ4n) is 3.39. The number of hydrogen-bond acceptors (Lipinski definition) is 1. The maximum absolute atomic E-state index is 12.3. The molecule has 1 atom stereocenters. The van der Waals surface area contributed by atoms with Crippen molar-refractivity contribution >= 4 is 5.78 Å². The molecular formula is C15H18O. The summed E-state index contributed by atoms with van der Waals surface area (Å²) in [5.41, 5.74) is 2.28. The number of Topliss-reactive ketones (excluding diaryl/α,β-unsaturated/α-hetero) is 1. The SMILES string of the molecule is O=C1c2ccccc2CC1C1CCCCC1. The quantitative estimate of drug-likeness (QED) is 0.697. The minimum Gasteiger partial charge on any atom is -0.294 e. The Hall–Kier alpha value is -1.11. The summed E-state index contributed by atoms with van der Waals surface area (Å²) in [5.74, 6) is 1.38. The highest BCUT2D eigenvalue weighted by Gasteiger charge is 2.36. The van der Waals surface area contributed by atoms with Crippen molar-refractivity contribution < 1.29 is 4.79 Å². The van der Waals surface area contributed by atoms with Crippen molar-refractivity contribution in [2.45, 2.75) is 38.5 Å². The van der Waals surface area contributed by atoms with Gasteiger partial charge in [-0.3, -0.25) is 4.79 Å². The Bertz CT molecular complexity index is 402. The molecule has 0 saturated heterocycles. The standard InChI is InChI=1S/C15H18O/c16-15-13-9-5-4-8-12(13)10-14(15)11-6-2-1-3-7-11/h4-5,8-9,11,14H,1-3,6-7,10H2. The van der Waals surface area contributed by atoms with Gasteiger partial charge in [0, 0.05) is 11.5 Å². The monoisotopic (exact) mass is 214 g/mol. The van der Waals surface area contributed by atoms with Crippen LogP contribution in [0.3, 0.4) is 0 Å². The molecule has 0 spiro atoms. The molecule has 0 heterocycles. The van der Waals surface area contributed by atoms with Crippen molar-refractivity contribution in [3.63, 3.8) is 0 Å². The first-order valence-corrected chi connectivity index (χ1v) is 6.48. The van der Waals surface area contributed by atoms with Gasteiger partial charge in [-0.2, -0.15) is 0 Å². The van der Waals surface area contributed by atoms with Crippen LogP contribution in [-0.4, -0.2) is 5.78 Å². The van der Waals surface area contributed by atoms with Crippen LogP contribution < -0.4 is 0 Å². The average Bonchev–Trinajstić information content (AvgIpc) is 2.69. The lowest BCUT2D eigenvalue weighted by molar-refractivity contribution is 0.0869. The first-order chi connectivity index (χ1) is 7.86. The smallest absolute Gasteiger partial charge is 0.166 e. The third-order valence-electron chi connectivity index (χ3n) is 4.28. The Kier molecular flexibility index (Phi) is 2.55. The topological polar surface area (TPSA) is 17.1 Å². The van der Waals surface area contributed by atoms with Crippen molar-refractivity contribution in [1.82, 2.24) is 0 Å². The fourth-order valence-corrected chi connectivity index (χ4v) is 3.39. The van der Waals surface area contributed by atoms with E-state index in [1.807, 2.05) is 12.1 Å². The van der Waals surface area contributed by atoms with Crippen LogP contribution in [0.5, 0.6) is 0 Å². The zero-order chi connectivity index (χ0) is 11.0. The van der Waals surface area contributed by atoms with Gasteiger partial charge < -0.3 is 0 Å².